The van der Waals surface area contributed by atoms with Crippen LogP contribution < -0.4 is 21.3 Å². The van der Waals surface area contributed by atoms with Gasteiger partial charge in [0.15, 0.2) is 0 Å². The van der Waals surface area contributed by atoms with Crippen molar-refractivity contribution >= 4 is 11.6 Å². The summed E-state index contributed by atoms with van der Waals surface area (Å²) in [5.41, 5.74) is 7.44. The molecule has 0 radical (unpaired) electrons. The number of hydrogen-bond acceptors (Lipinski definition) is 6. The van der Waals surface area contributed by atoms with Crippen molar-refractivity contribution in [1.82, 2.24) is 14.9 Å². The fourth-order valence-electron chi connectivity index (χ4n) is 2.75. The van der Waals surface area contributed by atoms with Crippen molar-refractivity contribution in [3.63, 3.8) is 0 Å². The lowest BCUT2D eigenvalue weighted by molar-refractivity contribution is -0.125. The first-order valence-corrected chi connectivity index (χ1v) is 9.15. The standard InChI is InChI=1S/C12H13N3O2.C8H14N2O/c1-13-10-5-9(7-15-12(10)16)8-3-4-14-11(6-8)17-2;9-5-3-4-8(11)10-6-1-2-7-10/h3-7,13H,1-2H3,(H,15,16);3-4H,1-2,5-7,9H2/b;4-3+. The van der Waals surface area contributed by atoms with Crippen LogP contribution in [0.15, 0.2) is 47.5 Å². The van der Waals surface area contributed by atoms with Crippen molar-refractivity contribution in [3.05, 3.63) is 53.1 Å². The minimum atomic E-state index is -0.141. The molecule has 8 heteroatoms. The highest BCUT2D eigenvalue weighted by Crippen LogP contribution is 2.22. The van der Waals surface area contributed by atoms with E-state index in [1.54, 1.807) is 44.8 Å². The number of amides is 1. The minimum Gasteiger partial charge on any atom is -0.481 e. The summed E-state index contributed by atoms with van der Waals surface area (Å²) >= 11 is 0. The van der Waals surface area contributed by atoms with Gasteiger partial charge in [0.1, 0.15) is 5.69 Å². The molecule has 2 aromatic heterocycles. The molecule has 1 aliphatic rings. The van der Waals surface area contributed by atoms with E-state index in [2.05, 4.69) is 15.3 Å². The van der Waals surface area contributed by atoms with Gasteiger partial charge in [-0.25, -0.2) is 4.98 Å². The van der Waals surface area contributed by atoms with Crippen LogP contribution in [0, 0.1) is 0 Å². The largest absolute Gasteiger partial charge is 0.481 e. The Morgan fingerprint density at radius 1 is 1.36 bits per heavy atom. The Hall–Kier alpha value is -3.13. The van der Waals surface area contributed by atoms with Crippen LogP contribution >= 0.6 is 0 Å². The summed E-state index contributed by atoms with van der Waals surface area (Å²) in [4.78, 5) is 31.2. The number of methoxy groups -OCH3 is 1. The van der Waals surface area contributed by atoms with Crippen molar-refractivity contribution in [2.75, 3.05) is 39.1 Å². The van der Waals surface area contributed by atoms with Crippen LogP contribution in [0.4, 0.5) is 5.69 Å². The van der Waals surface area contributed by atoms with Crippen molar-refractivity contribution < 1.29 is 9.53 Å². The van der Waals surface area contributed by atoms with E-state index in [0.29, 0.717) is 18.1 Å². The van der Waals surface area contributed by atoms with E-state index in [1.807, 2.05) is 17.0 Å². The highest BCUT2D eigenvalue weighted by molar-refractivity contribution is 5.87. The van der Waals surface area contributed by atoms with Crippen LogP contribution in [0.3, 0.4) is 0 Å². The molecule has 2 aromatic rings. The first kappa shape index (κ1) is 21.2. The summed E-state index contributed by atoms with van der Waals surface area (Å²) in [7, 11) is 3.28. The molecule has 1 saturated heterocycles. The van der Waals surface area contributed by atoms with Crippen LogP contribution in [0.5, 0.6) is 5.88 Å². The molecule has 150 valence electrons. The molecule has 0 unspecified atom stereocenters. The van der Waals surface area contributed by atoms with E-state index in [9.17, 15) is 9.59 Å². The monoisotopic (exact) mass is 385 g/mol. The quantitative estimate of drug-likeness (QED) is 0.674. The number of nitrogens with one attached hydrogen (secondary N) is 2. The second kappa shape index (κ2) is 10.9. The van der Waals surface area contributed by atoms with Gasteiger partial charge < -0.3 is 25.7 Å². The number of nitrogens with zero attached hydrogens (tertiary/aromatic N) is 2. The molecule has 8 nitrogen and oxygen atoms in total. The molecular weight excluding hydrogens is 358 g/mol. The summed E-state index contributed by atoms with van der Waals surface area (Å²) in [6.07, 6.45) is 8.87. The smallest absolute Gasteiger partial charge is 0.271 e. The molecule has 28 heavy (non-hydrogen) atoms. The van der Waals surface area contributed by atoms with Gasteiger partial charge in [-0.1, -0.05) is 6.08 Å². The predicted octanol–water partition coefficient (Wildman–Crippen LogP) is 1.61. The first-order valence-electron chi connectivity index (χ1n) is 9.15. The van der Waals surface area contributed by atoms with Gasteiger partial charge in [-0.2, -0.15) is 0 Å². The molecule has 1 aliphatic heterocycles. The van der Waals surface area contributed by atoms with Crippen LogP contribution in [0.2, 0.25) is 0 Å². The molecule has 0 aliphatic carbocycles. The summed E-state index contributed by atoms with van der Waals surface area (Å²) in [5.74, 6) is 0.646. The molecule has 4 N–H and O–H groups in total. The summed E-state index contributed by atoms with van der Waals surface area (Å²) in [5, 5.41) is 2.84. The number of aromatic amines is 1. The number of hydrogen-bond donors (Lipinski definition) is 3. The number of carbonyl (C=O) groups is 1. The Morgan fingerprint density at radius 2 is 2.11 bits per heavy atom. The maximum atomic E-state index is 11.4. The second-order valence-electron chi connectivity index (χ2n) is 6.14. The Kier molecular flexibility index (Phi) is 8.23. The number of aromatic nitrogens is 2. The summed E-state index contributed by atoms with van der Waals surface area (Å²) < 4.78 is 5.06. The van der Waals surface area contributed by atoms with Crippen molar-refractivity contribution in [2.45, 2.75) is 12.8 Å². The van der Waals surface area contributed by atoms with Gasteiger partial charge in [-0.15, -0.1) is 0 Å². The predicted molar refractivity (Wildman–Crippen MR) is 110 cm³/mol. The van der Waals surface area contributed by atoms with Crippen LogP contribution in [0.1, 0.15) is 12.8 Å². The maximum absolute atomic E-state index is 11.4. The van der Waals surface area contributed by atoms with Gasteiger partial charge in [0.05, 0.1) is 7.11 Å². The summed E-state index contributed by atoms with van der Waals surface area (Å²) in [6, 6.07) is 5.45. The van der Waals surface area contributed by atoms with Gasteiger partial charge in [0, 0.05) is 56.8 Å². The third-order valence-electron chi connectivity index (χ3n) is 4.26. The van der Waals surface area contributed by atoms with Gasteiger partial charge in [-0.3, -0.25) is 9.59 Å². The number of nitrogens with two attached hydrogens (primary N) is 1. The molecule has 1 amide bonds. The van der Waals surface area contributed by atoms with E-state index >= 15 is 0 Å². The number of rotatable bonds is 5. The number of likely N-dealkylation sites (tertiary alicyclic amines) is 1. The number of H-pyrrole nitrogens is 1. The first-order chi connectivity index (χ1) is 13.6. The van der Waals surface area contributed by atoms with Crippen LogP contribution in [0.25, 0.3) is 11.1 Å². The van der Waals surface area contributed by atoms with Crippen molar-refractivity contribution in [1.29, 1.82) is 0 Å². The Morgan fingerprint density at radius 3 is 2.75 bits per heavy atom. The molecule has 0 atom stereocenters. The van der Waals surface area contributed by atoms with Gasteiger partial charge in [0.2, 0.25) is 11.8 Å². The van der Waals surface area contributed by atoms with Crippen LogP contribution in [-0.4, -0.2) is 54.6 Å². The van der Waals surface area contributed by atoms with E-state index in [0.717, 1.165) is 37.1 Å². The second-order valence-corrected chi connectivity index (χ2v) is 6.14. The SMILES string of the molecule is CNc1cc(-c2ccnc(OC)c2)c[nH]c1=O.NC/C=C/C(=O)N1CCCC1. The zero-order chi connectivity index (χ0) is 20.4. The van der Waals surface area contributed by atoms with E-state index in [4.69, 9.17) is 10.5 Å². The fourth-order valence-corrected chi connectivity index (χ4v) is 2.75. The topological polar surface area (TPSA) is 113 Å². The normalized spacial score (nSPS) is 13.2. The molecular formula is C20H27N5O3. The van der Waals surface area contributed by atoms with Crippen LogP contribution in [-0.2, 0) is 4.79 Å². The van der Waals surface area contributed by atoms with Gasteiger partial charge in [0.25, 0.3) is 5.56 Å². The average molecular weight is 385 g/mol. The highest BCUT2D eigenvalue weighted by Gasteiger charge is 2.14. The number of ether oxygens (including phenoxy) is 1. The van der Waals surface area contributed by atoms with Gasteiger partial charge >= 0.3 is 0 Å². The fraction of sp³-hybridized carbons (Fsp3) is 0.350. The molecule has 0 spiro atoms. The highest BCUT2D eigenvalue weighted by atomic mass is 16.5. The Labute approximate surface area is 164 Å². The van der Waals surface area contributed by atoms with E-state index in [-0.39, 0.29) is 11.5 Å². The lowest BCUT2D eigenvalue weighted by atomic mass is 10.1. The Bertz CT molecular complexity index is 857. The molecule has 3 rings (SSSR count). The zero-order valence-corrected chi connectivity index (χ0v) is 16.3. The lowest BCUT2D eigenvalue weighted by Gasteiger charge is -2.11. The molecule has 0 saturated carbocycles. The number of pyridine rings is 2. The average Bonchev–Trinajstić information content (AvgIpc) is 3.28. The lowest BCUT2D eigenvalue weighted by Crippen LogP contribution is -2.25. The molecule has 0 bridgehead atoms. The van der Waals surface area contributed by atoms with Gasteiger partial charge in [-0.05, 0) is 30.5 Å². The van der Waals surface area contributed by atoms with E-state index in [1.165, 1.54) is 0 Å². The number of carbonyl (C=O) groups excluding carboxylic acids is 1. The zero-order valence-electron chi connectivity index (χ0n) is 16.3. The molecule has 1 fully saturated rings. The van der Waals surface area contributed by atoms with E-state index < -0.39 is 0 Å². The number of anilines is 1. The Balaban J connectivity index is 0.000000221. The third-order valence-corrected chi connectivity index (χ3v) is 4.26. The van der Waals surface area contributed by atoms with Crippen molar-refractivity contribution in [3.8, 4) is 17.0 Å². The minimum absolute atomic E-state index is 0.105. The molecule has 3 heterocycles. The third kappa shape index (κ3) is 5.95. The maximum Gasteiger partial charge on any atom is 0.271 e. The molecule has 0 aromatic carbocycles. The van der Waals surface area contributed by atoms with Crippen molar-refractivity contribution in [2.24, 2.45) is 5.73 Å². The summed E-state index contributed by atoms with van der Waals surface area (Å²) in [6.45, 7) is 2.26.